The normalized spacial score (nSPS) is 15.8. The molecule has 0 unspecified atom stereocenters. The minimum atomic E-state index is -0.216. The Hall–Kier alpha value is -1.42. The van der Waals surface area contributed by atoms with Crippen LogP contribution >= 0.6 is 0 Å². The van der Waals surface area contributed by atoms with Crippen LogP contribution < -0.4 is 5.32 Å². The lowest BCUT2D eigenvalue weighted by Gasteiger charge is -2.10. The van der Waals surface area contributed by atoms with Crippen LogP contribution in [0.3, 0.4) is 0 Å². The molecule has 18 heavy (non-hydrogen) atoms. The van der Waals surface area contributed by atoms with E-state index in [2.05, 4.69) is 28.7 Å². The fraction of sp³-hybridized carbons (Fsp3) is 0.500. The second-order valence-electron chi connectivity index (χ2n) is 5.30. The number of hydrogen-bond donors (Lipinski definition) is 1. The van der Waals surface area contributed by atoms with E-state index in [9.17, 15) is 4.39 Å². The maximum atomic E-state index is 13.2. The van der Waals surface area contributed by atoms with Crippen LogP contribution in [0.4, 0.5) is 4.39 Å². The molecule has 0 spiro atoms. The van der Waals surface area contributed by atoms with Crippen LogP contribution in [-0.4, -0.2) is 15.6 Å². The van der Waals surface area contributed by atoms with Gasteiger partial charge in [-0.15, -0.1) is 0 Å². The van der Waals surface area contributed by atoms with Gasteiger partial charge in [-0.25, -0.2) is 9.37 Å². The first kappa shape index (κ1) is 11.7. The highest BCUT2D eigenvalue weighted by Crippen LogP contribution is 2.38. The second-order valence-corrected chi connectivity index (χ2v) is 5.30. The summed E-state index contributed by atoms with van der Waals surface area (Å²) < 4.78 is 15.5. The van der Waals surface area contributed by atoms with E-state index >= 15 is 0 Å². The average molecular weight is 247 g/mol. The average Bonchev–Trinajstić information content (AvgIpc) is 3.08. The SMILES string of the molecule is CC(C)NCc1nc2cc(F)ccc2n1C1CC1. The Morgan fingerprint density at radius 2 is 2.22 bits per heavy atom. The molecule has 0 radical (unpaired) electrons. The molecule has 1 fully saturated rings. The van der Waals surface area contributed by atoms with Gasteiger partial charge in [0.05, 0.1) is 17.6 Å². The Morgan fingerprint density at radius 3 is 2.89 bits per heavy atom. The Kier molecular flexibility index (Phi) is 2.82. The van der Waals surface area contributed by atoms with E-state index in [1.165, 1.54) is 25.0 Å². The summed E-state index contributed by atoms with van der Waals surface area (Å²) in [7, 11) is 0. The molecule has 3 nitrogen and oxygen atoms in total. The number of hydrogen-bond acceptors (Lipinski definition) is 2. The largest absolute Gasteiger partial charge is 0.324 e. The Labute approximate surface area is 106 Å². The highest BCUT2D eigenvalue weighted by atomic mass is 19.1. The zero-order valence-electron chi connectivity index (χ0n) is 10.8. The summed E-state index contributed by atoms with van der Waals surface area (Å²) in [6, 6.07) is 5.86. The summed E-state index contributed by atoms with van der Waals surface area (Å²) in [6.45, 7) is 4.97. The summed E-state index contributed by atoms with van der Waals surface area (Å²) in [4.78, 5) is 4.57. The first-order valence-electron chi connectivity index (χ1n) is 6.55. The fourth-order valence-electron chi connectivity index (χ4n) is 2.28. The van der Waals surface area contributed by atoms with Crippen LogP contribution in [0, 0.1) is 5.82 Å². The van der Waals surface area contributed by atoms with Crippen molar-refractivity contribution in [2.24, 2.45) is 0 Å². The first-order valence-corrected chi connectivity index (χ1v) is 6.55. The topological polar surface area (TPSA) is 29.9 Å². The predicted molar refractivity (Wildman–Crippen MR) is 69.9 cm³/mol. The van der Waals surface area contributed by atoms with Gasteiger partial charge in [-0.05, 0) is 25.0 Å². The smallest absolute Gasteiger partial charge is 0.125 e. The number of rotatable bonds is 4. The van der Waals surface area contributed by atoms with Gasteiger partial charge < -0.3 is 9.88 Å². The quantitative estimate of drug-likeness (QED) is 0.900. The molecule has 1 aromatic heterocycles. The molecule has 0 saturated heterocycles. The maximum absolute atomic E-state index is 13.2. The fourth-order valence-corrected chi connectivity index (χ4v) is 2.28. The van der Waals surface area contributed by atoms with Crippen molar-refractivity contribution in [3.63, 3.8) is 0 Å². The maximum Gasteiger partial charge on any atom is 0.125 e. The third kappa shape index (κ3) is 2.12. The predicted octanol–water partition coefficient (Wildman–Crippen LogP) is 3.01. The number of halogens is 1. The van der Waals surface area contributed by atoms with Crippen molar-refractivity contribution in [3.8, 4) is 0 Å². The monoisotopic (exact) mass is 247 g/mol. The Balaban J connectivity index is 2.03. The molecule has 1 aliphatic rings. The van der Waals surface area contributed by atoms with Crippen LogP contribution in [0.5, 0.6) is 0 Å². The van der Waals surface area contributed by atoms with E-state index < -0.39 is 0 Å². The number of benzene rings is 1. The van der Waals surface area contributed by atoms with Crippen LogP contribution in [0.15, 0.2) is 18.2 Å². The van der Waals surface area contributed by atoms with Gasteiger partial charge in [0, 0.05) is 18.2 Å². The molecule has 2 aromatic rings. The van der Waals surface area contributed by atoms with Gasteiger partial charge in [0.1, 0.15) is 11.6 Å². The van der Waals surface area contributed by atoms with E-state index in [0.717, 1.165) is 23.4 Å². The molecule has 0 aliphatic heterocycles. The van der Waals surface area contributed by atoms with E-state index in [-0.39, 0.29) is 5.82 Å². The molecule has 1 N–H and O–H groups in total. The number of imidazole rings is 1. The standard InChI is InChI=1S/C14H18FN3/c1-9(2)16-8-14-17-12-7-10(15)3-6-13(12)18(14)11-4-5-11/h3,6-7,9,11,16H,4-5,8H2,1-2H3. The van der Waals surface area contributed by atoms with E-state index in [0.29, 0.717) is 12.1 Å². The molecule has 1 saturated carbocycles. The summed E-state index contributed by atoms with van der Waals surface area (Å²) in [5.41, 5.74) is 1.82. The van der Waals surface area contributed by atoms with E-state index in [1.54, 1.807) is 0 Å². The lowest BCUT2D eigenvalue weighted by molar-refractivity contribution is 0.552. The van der Waals surface area contributed by atoms with Crippen LogP contribution in [0.25, 0.3) is 11.0 Å². The van der Waals surface area contributed by atoms with Crippen molar-refractivity contribution in [1.82, 2.24) is 14.9 Å². The molecule has 4 heteroatoms. The number of nitrogens with zero attached hydrogens (tertiary/aromatic N) is 2. The third-order valence-electron chi connectivity index (χ3n) is 3.31. The highest BCUT2D eigenvalue weighted by molar-refractivity contribution is 5.76. The summed E-state index contributed by atoms with van der Waals surface area (Å²) in [5.74, 6) is 0.804. The summed E-state index contributed by atoms with van der Waals surface area (Å²) in [6.07, 6.45) is 2.41. The van der Waals surface area contributed by atoms with Crippen molar-refractivity contribution in [1.29, 1.82) is 0 Å². The summed E-state index contributed by atoms with van der Waals surface area (Å²) >= 11 is 0. The van der Waals surface area contributed by atoms with Crippen molar-refractivity contribution >= 4 is 11.0 Å². The van der Waals surface area contributed by atoms with Gasteiger partial charge in [-0.2, -0.15) is 0 Å². The summed E-state index contributed by atoms with van der Waals surface area (Å²) in [5, 5.41) is 3.38. The molecule has 1 heterocycles. The van der Waals surface area contributed by atoms with E-state index in [4.69, 9.17) is 0 Å². The van der Waals surface area contributed by atoms with Gasteiger partial charge in [-0.3, -0.25) is 0 Å². The van der Waals surface area contributed by atoms with Gasteiger partial charge >= 0.3 is 0 Å². The number of aromatic nitrogens is 2. The van der Waals surface area contributed by atoms with Gasteiger partial charge in [0.15, 0.2) is 0 Å². The molecule has 1 aliphatic carbocycles. The van der Waals surface area contributed by atoms with Crippen LogP contribution in [0.1, 0.15) is 38.6 Å². The van der Waals surface area contributed by atoms with Gasteiger partial charge in [0.2, 0.25) is 0 Å². The minimum Gasteiger partial charge on any atom is -0.324 e. The van der Waals surface area contributed by atoms with Crippen LogP contribution in [-0.2, 0) is 6.54 Å². The zero-order chi connectivity index (χ0) is 12.7. The molecule has 1 aromatic carbocycles. The lowest BCUT2D eigenvalue weighted by Crippen LogP contribution is -2.23. The lowest BCUT2D eigenvalue weighted by atomic mass is 10.3. The van der Waals surface area contributed by atoms with E-state index in [1.807, 2.05) is 6.07 Å². The Bertz CT molecular complexity index is 570. The van der Waals surface area contributed by atoms with Crippen molar-refractivity contribution in [3.05, 3.63) is 29.8 Å². The second kappa shape index (κ2) is 4.35. The third-order valence-corrected chi connectivity index (χ3v) is 3.31. The first-order chi connectivity index (χ1) is 8.65. The Morgan fingerprint density at radius 1 is 1.44 bits per heavy atom. The van der Waals surface area contributed by atoms with Gasteiger partial charge in [-0.1, -0.05) is 13.8 Å². The zero-order valence-corrected chi connectivity index (χ0v) is 10.8. The van der Waals surface area contributed by atoms with Gasteiger partial charge in [0.25, 0.3) is 0 Å². The van der Waals surface area contributed by atoms with Crippen molar-refractivity contribution in [2.45, 2.75) is 45.3 Å². The number of nitrogens with one attached hydrogen (secondary N) is 1. The highest BCUT2D eigenvalue weighted by Gasteiger charge is 2.28. The van der Waals surface area contributed by atoms with Crippen molar-refractivity contribution in [2.75, 3.05) is 0 Å². The molecular weight excluding hydrogens is 229 g/mol. The van der Waals surface area contributed by atoms with Crippen LogP contribution in [0.2, 0.25) is 0 Å². The van der Waals surface area contributed by atoms with Crippen molar-refractivity contribution < 1.29 is 4.39 Å². The molecular formula is C14H18FN3. The molecule has 0 bridgehead atoms. The molecule has 0 amide bonds. The molecule has 0 atom stereocenters. The number of fused-ring (bicyclic) bond motifs is 1. The molecule has 96 valence electrons. The minimum absolute atomic E-state index is 0.216. The molecule has 3 rings (SSSR count).